The van der Waals surface area contributed by atoms with Crippen molar-refractivity contribution in [1.29, 1.82) is 0 Å². The van der Waals surface area contributed by atoms with Gasteiger partial charge in [-0.15, -0.1) is 0 Å². The van der Waals surface area contributed by atoms with Crippen LogP contribution in [-0.4, -0.2) is 38.3 Å². The van der Waals surface area contributed by atoms with Gasteiger partial charge in [-0.25, -0.2) is 5.06 Å². The Morgan fingerprint density at radius 1 is 1.39 bits per heavy atom. The molecule has 1 amide bonds. The molecule has 96 valence electrons. The van der Waals surface area contributed by atoms with Gasteiger partial charge in [0.15, 0.2) is 11.5 Å². The molecule has 2 rings (SSSR count). The fourth-order valence-corrected chi connectivity index (χ4v) is 1.58. The number of hydrogen-bond donors (Lipinski definition) is 0. The number of likely N-dealkylation sites (N-methyl/N-ethyl adjacent to an activating group) is 1. The van der Waals surface area contributed by atoms with E-state index in [9.17, 15) is 4.79 Å². The SMILES string of the molecule is CON(C)C(=O)C=Cc1cccc2c1OCCO2. The molecule has 1 aromatic rings. The normalized spacial score (nSPS) is 13.7. The van der Waals surface area contributed by atoms with Crippen molar-refractivity contribution >= 4 is 12.0 Å². The summed E-state index contributed by atoms with van der Waals surface area (Å²) in [7, 11) is 2.99. The molecule has 0 spiro atoms. The Morgan fingerprint density at radius 3 is 2.94 bits per heavy atom. The number of fused-ring (bicyclic) bond motifs is 1. The van der Waals surface area contributed by atoms with Crippen LogP contribution in [0, 0.1) is 0 Å². The number of nitrogens with zero attached hydrogens (tertiary/aromatic N) is 1. The van der Waals surface area contributed by atoms with Crippen molar-refractivity contribution in [3.8, 4) is 11.5 Å². The van der Waals surface area contributed by atoms with Crippen molar-refractivity contribution < 1.29 is 19.1 Å². The number of ether oxygens (including phenoxy) is 2. The summed E-state index contributed by atoms with van der Waals surface area (Å²) in [6.45, 7) is 1.06. The Bertz CT molecular complexity index is 470. The van der Waals surface area contributed by atoms with E-state index in [1.54, 1.807) is 13.1 Å². The molecule has 0 unspecified atom stereocenters. The van der Waals surface area contributed by atoms with Gasteiger partial charge < -0.3 is 9.47 Å². The highest BCUT2D eigenvalue weighted by Crippen LogP contribution is 2.34. The first-order valence-corrected chi connectivity index (χ1v) is 5.61. The molecule has 0 saturated heterocycles. The fraction of sp³-hybridized carbons (Fsp3) is 0.308. The molecule has 1 aromatic carbocycles. The van der Waals surface area contributed by atoms with Crippen LogP contribution in [0.15, 0.2) is 24.3 Å². The Morgan fingerprint density at radius 2 is 2.17 bits per heavy atom. The largest absolute Gasteiger partial charge is 0.486 e. The standard InChI is InChI=1S/C13H15NO4/c1-14(16-2)12(15)7-6-10-4-3-5-11-13(10)18-9-8-17-11/h3-7H,8-9H2,1-2H3. The van der Waals surface area contributed by atoms with E-state index in [1.807, 2.05) is 18.2 Å². The third-order valence-corrected chi connectivity index (χ3v) is 2.59. The summed E-state index contributed by atoms with van der Waals surface area (Å²) in [5.41, 5.74) is 0.810. The molecule has 0 bridgehead atoms. The molecule has 1 heterocycles. The molecule has 0 radical (unpaired) electrons. The van der Waals surface area contributed by atoms with E-state index in [2.05, 4.69) is 0 Å². The van der Waals surface area contributed by atoms with Crippen molar-refractivity contribution in [3.63, 3.8) is 0 Å². The number of rotatable bonds is 3. The van der Waals surface area contributed by atoms with Gasteiger partial charge in [0.05, 0.1) is 7.11 Å². The predicted octanol–water partition coefficient (Wildman–Crippen LogP) is 1.49. The van der Waals surface area contributed by atoms with E-state index < -0.39 is 0 Å². The maximum atomic E-state index is 11.6. The van der Waals surface area contributed by atoms with Crippen LogP contribution in [0.2, 0.25) is 0 Å². The van der Waals surface area contributed by atoms with E-state index in [0.717, 1.165) is 10.6 Å². The van der Waals surface area contributed by atoms with Crippen LogP contribution in [0.5, 0.6) is 11.5 Å². The molecule has 5 nitrogen and oxygen atoms in total. The minimum absolute atomic E-state index is 0.244. The summed E-state index contributed by atoms with van der Waals surface area (Å²) in [6.07, 6.45) is 3.11. The number of carbonyl (C=O) groups is 1. The summed E-state index contributed by atoms with van der Waals surface area (Å²) in [4.78, 5) is 16.3. The molecular formula is C13H15NO4. The molecule has 1 aliphatic rings. The number of hydroxylamine groups is 2. The number of carbonyl (C=O) groups excluding carboxylic acids is 1. The molecule has 1 aliphatic heterocycles. The zero-order chi connectivity index (χ0) is 13.0. The van der Waals surface area contributed by atoms with Gasteiger partial charge in [-0.2, -0.15) is 0 Å². The van der Waals surface area contributed by atoms with E-state index in [-0.39, 0.29) is 5.91 Å². The van der Waals surface area contributed by atoms with Gasteiger partial charge in [0, 0.05) is 18.7 Å². The van der Waals surface area contributed by atoms with Crippen LogP contribution in [-0.2, 0) is 9.63 Å². The third-order valence-electron chi connectivity index (χ3n) is 2.59. The average molecular weight is 249 g/mol. The second kappa shape index (κ2) is 5.55. The van der Waals surface area contributed by atoms with Gasteiger partial charge in [0.1, 0.15) is 13.2 Å². The van der Waals surface area contributed by atoms with E-state index in [1.165, 1.54) is 13.2 Å². The number of amides is 1. The Hall–Kier alpha value is -2.01. The molecular weight excluding hydrogens is 234 g/mol. The van der Waals surface area contributed by atoms with E-state index >= 15 is 0 Å². The zero-order valence-corrected chi connectivity index (χ0v) is 10.4. The number of hydrogen-bond acceptors (Lipinski definition) is 4. The average Bonchev–Trinajstić information content (AvgIpc) is 2.43. The second-order valence-electron chi connectivity index (χ2n) is 3.72. The molecule has 5 heteroatoms. The lowest BCUT2D eigenvalue weighted by atomic mass is 10.1. The topological polar surface area (TPSA) is 48.0 Å². The van der Waals surface area contributed by atoms with Gasteiger partial charge >= 0.3 is 0 Å². The molecule has 0 atom stereocenters. The van der Waals surface area contributed by atoms with Gasteiger partial charge in [-0.3, -0.25) is 9.63 Å². The Labute approximate surface area is 106 Å². The summed E-state index contributed by atoms with van der Waals surface area (Å²) in [6, 6.07) is 5.57. The molecule has 18 heavy (non-hydrogen) atoms. The third kappa shape index (κ3) is 2.62. The first-order valence-electron chi connectivity index (χ1n) is 5.61. The number of para-hydroxylation sites is 1. The lowest BCUT2D eigenvalue weighted by molar-refractivity contribution is -0.162. The van der Waals surface area contributed by atoms with Gasteiger partial charge in [0.2, 0.25) is 0 Å². The number of benzene rings is 1. The summed E-state index contributed by atoms with van der Waals surface area (Å²) < 4.78 is 11.0. The van der Waals surface area contributed by atoms with Gasteiger partial charge in [-0.1, -0.05) is 12.1 Å². The minimum atomic E-state index is -0.244. The van der Waals surface area contributed by atoms with Crippen LogP contribution >= 0.6 is 0 Å². The molecule has 0 aliphatic carbocycles. The molecule has 0 saturated carbocycles. The molecule has 0 fully saturated rings. The maximum absolute atomic E-state index is 11.6. The monoisotopic (exact) mass is 249 g/mol. The van der Waals surface area contributed by atoms with Crippen LogP contribution in [0.3, 0.4) is 0 Å². The highest BCUT2D eigenvalue weighted by Gasteiger charge is 2.14. The van der Waals surface area contributed by atoms with Crippen molar-refractivity contribution in [2.45, 2.75) is 0 Å². The van der Waals surface area contributed by atoms with E-state index in [0.29, 0.717) is 24.7 Å². The smallest absolute Gasteiger partial charge is 0.269 e. The highest BCUT2D eigenvalue weighted by molar-refractivity contribution is 5.91. The lowest BCUT2D eigenvalue weighted by Crippen LogP contribution is -2.23. The molecule has 0 N–H and O–H groups in total. The maximum Gasteiger partial charge on any atom is 0.269 e. The Kier molecular flexibility index (Phi) is 3.84. The quantitative estimate of drug-likeness (QED) is 0.601. The zero-order valence-electron chi connectivity index (χ0n) is 10.4. The van der Waals surface area contributed by atoms with Crippen LogP contribution in [0.25, 0.3) is 6.08 Å². The Balaban J connectivity index is 2.19. The van der Waals surface area contributed by atoms with Crippen molar-refractivity contribution in [2.24, 2.45) is 0 Å². The van der Waals surface area contributed by atoms with E-state index in [4.69, 9.17) is 14.3 Å². The van der Waals surface area contributed by atoms with Gasteiger partial charge in [0.25, 0.3) is 5.91 Å². The van der Waals surface area contributed by atoms with Crippen LogP contribution in [0.1, 0.15) is 5.56 Å². The van der Waals surface area contributed by atoms with Crippen LogP contribution in [0.4, 0.5) is 0 Å². The first-order chi connectivity index (χ1) is 8.72. The van der Waals surface area contributed by atoms with Crippen molar-refractivity contribution in [1.82, 2.24) is 5.06 Å². The minimum Gasteiger partial charge on any atom is -0.486 e. The lowest BCUT2D eigenvalue weighted by Gasteiger charge is -2.19. The highest BCUT2D eigenvalue weighted by atomic mass is 16.7. The summed E-state index contributed by atoms with van der Waals surface area (Å²) in [5, 5.41) is 1.14. The van der Waals surface area contributed by atoms with Crippen molar-refractivity contribution in [3.05, 3.63) is 29.8 Å². The summed E-state index contributed by atoms with van der Waals surface area (Å²) in [5.74, 6) is 1.13. The fourth-order valence-electron chi connectivity index (χ4n) is 1.58. The molecule has 0 aromatic heterocycles. The predicted molar refractivity (Wildman–Crippen MR) is 66.2 cm³/mol. The van der Waals surface area contributed by atoms with Gasteiger partial charge in [-0.05, 0) is 12.1 Å². The van der Waals surface area contributed by atoms with Crippen LogP contribution < -0.4 is 9.47 Å². The summed E-state index contributed by atoms with van der Waals surface area (Å²) >= 11 is 0. The first kappa shape index (κ1) is 12.4. The second-order valence-corrected chi connectivity index (χ2v) is 3.72. The van der Waals surface area contributed by atoms with Crippen molar-refractivity contribution in [2.75, 3.05) is 27.4 Å².